The molecule has 2 aliphatic rings. The Kier molecular flexibility index (Phi) is 5.71. The van der Waals surface area contributed by atoms with Crippen molar-refractivity contribution in [1.82, 2.24) is 15.2 Å². The number of rotatable bonds is 4. The van der Waals surface area contributed by atoms with Crippen LogP contribution >= 0.6 is 0 Å². The van der Waals surface area contributed by atoms with Gasteiger partial charge in [0, 0.05) is 38.3 Å². The number of anilines is 1. The topological polar surface area (TPSA) is 89.3 Å². The summed E-state index contributed by atoms with van der Waals surface area (Å²) in [6.45, 7) is 4.70. The highest BCUT2D eigenvalue weighted by molar-refractivity contribution is 5.89. The molecule has 7 heteroatoms. The highest BCUT2D eigenvalue weighted by Crippen LogP contribution is 2.25. The Labute approximate surface area is 154 Å². The van der Waals surface area contributed by atoms with Crippen molar-refractivity contribution < 1.29 is 9.59 Å². The fraction of sp³-hybridized carbons (Fsp3) is 0.579. The van der Waals surface area contributed by atoms with Crippen LogP contribution in [-0.4, -0.2) is 53.9 Å². The molecule has 0 radical (unpaired) electrons. The molecule has 0 bridgehead atoms. The molecule has 7 nitrogen and oxygen atoms in total. The predicted molar refractivity (Wildman–Crippen MR) is 97.3 cm³/mol. The Morgan fingerprint density at radius 1 is 1.35 bits per heavy atom. The summed E-state index contributed by atoms with van der Waals surface area (Å²) in [6, 6.07) is 5.37. The minimum atomic E-state index is -0.320. The Balaban J connectivity index is 1.60. The molecule has 3 rings (SSSR count). The average Bonchev–Trinajstić information content (AvgIpc) is 2.69. The molecule has 0 spiro atoms. The molecule has 0 saturated carbocycles. The van der Waals surface area contributed by atoms with Crippen molar-refractivity contribution in [3.63, 3.8) is 0 Å². The number of pyridine rings is 1. The highest BCUT2D eigenvalue weighted by atomic mass is 16.2. The largest absolute Gasteiger partial charge is 0.357 e. The summed E-state index contributed by atoms with van der Waals surface area (Å²) in [4.78, 5) is 33.4. The van der Waals surface area contributed by atoms with Crippen molar-refractivity contribution in [2.45, 2.75) is 38.6 Å². The Morgan fingerprint density at radius 3 is 2.73 bits per heavy atom. The summed E-state index contributed by atoms with van der Waals surface area (Å²) >= 11 is 0. The second kappa shape index (κ2) is 8.17. The molecule has 0 aromatic carbocycles. The first-order chi connectivity index (χ1) is 12.6. The smallest absolute Gasteiger partial charge is 0.242 e. The van der Waals surface area contributed by atoms with Gasteiger partial charge in [0.2, 0.25) is 11.8 Å². The van der Waals surface area contributed by atoms with Crippen LogP contribution in [0.1, 0.15) is 38.2 Å². The van der Waals surface area contributed by atoms with E-state index < -0.39 is 0 Å². The summed E-state index contributed by atoms with van der Waals surface area (Å²) in [5.41, 5.74) is 0.546. The first-order valence-corrected chi connectivity index (χ1v) is 9.33. The van der Waals surface area contributed by atoms with Crippen molar-refractivity contribution in [3.8, 4) is 6.07 Å². The monoisotopic (exact) mass is 355 g/mol. The van der Waals surface area contributed by atoms with Crippen molar-refractivity contribution >= 4 is 17.6 Å². The SMILES string of the molecule is CCCC1C(=O)NCCN1C(=O)C1CCN(c2ccc(C#N)cn2)CC1. The van der Waals surface area contributed by atoms with E-state index in [4.69, 9.17) is 5.26 Å². The van der Waals surface area contributed by atoms with Gasteiger partial charge in [0.15, 0.2) is 0 Å². The molecule has 2 fully saturated rings. The van der Waals surface area contributed by atoms with E-state index in [1.165, 1.54) is 0 Å². The second-order valence-electron chi connectivity index (χ2n) is 6.91. The molecule has 1 N–H and O–H groups in total. The van der Waals surface area contributed by atoms with E-state index in [-0.39, 0.29) is 23.8 Å². The minimum Gasteiger partial charge on any atom is -0.357 e. The zero-order valence-electron chi connectivity index (χ0n) is 15.1. The van der Waals surface area contributed by atoms with E-state index in [2.05, 4.69) is 21.3 Å². The van der Waals surface area contributed by atoms with Crippen molar-refractivity contribution in [2.24, 2.45) is 5.92 Å². The Morgan fingerprint density at radius 2 is 2.12 bits per heavy atom. The molecule has 1 aromatic rings. The molecule has 1 atom stereocenters. The van der Waals surface area contributed by atoms with Gasteiger partial charge in [0.05, 0.1) is 5.56 Å². The lowest BCUT2D eigenvalue weighted by Crippen LogP contribution is -2.58. The molecule has 26 heavy (non-hydrogen) atoms. The van der Waals surface area contributed by atoms with E-state index in [0.29, 0.717) is 25.1 Å². The third kappa shape index (κ3) is 3.79. The standard InChI is InChI=1S/C19H25N5O2/c1-2-3-16-18(25)21-8-11-24(16)19(26)15-6-9-23(10-7-15)17-5-4-14(12-20)13-22-17/h4-5,13,15-16H,2-3,6-11H2,1H3,(H,21,25). The van der Waals surface area contributed by atoms with Gasteiger partial charge in [0.1, 0.15) is 17.9 Å². The van der Waals surface area contributed by atoms with Gasteiger partial charge in [-0.05, 0) is 31.4 Å². The van der Waals surface area contributed by atoms with Crippen LogP contribution in [0.15, 0.2) is 18.3 Å². The average molecular weight is 355 g/mol. The molecule has 138 valence electrons. The molecule has 2 aliphatic heterocycles. The van der Waals surface area contributed by atoms with Gasteiger partial charge in [-0.15, -0.1) is 0 Å². The van der Waals surface area contributed by atoms with Crippen LogP contribution in [0.5, 0.6) is 0 Å². The van der Waals surface area contributed by atoms with Crippen LogP contribution in [0, 0.1) is 17.2 Å². The summed E-state index contributed by atoms with van der Waals surface area (Å²) in [7, 11) is 0. The third-order valence-corrected chi connectivity index (χ3v) is 5.22. The van der Waals surface area contributed by atoms with E-state index in [1.807, 2.05) is 13.0 Å². The number of carbonyl (C=O) groups excluding carboxylic acids is 2. The van der Waals surface area contributed by atoms with Crippen LogP contribution in [0.2, 0.25) is 0 Å². The van der Waals surface area contributed by atoms with E-state index in [9.17, 15) is 9.59 Å². The van der Waals surface area contributed by atoms with Crippen molar-refractivity contribution in [1.29, 1.82) is 5.26 Å². The number of hydrogen-bond acceptors (Lipinski definition) is 5. The normalized spacial score (nSPS) is 21.2. The van der Waals surface area contributed by atoms with Crippen molar-refractivity contribution in [2.75, 3.05) is 31.1 Å². The van der Waals surface area contributed by atoms with Gasteiger partial charge in [-0.1, -0.05) is 13.3 Å². The van der Waals surface area contributed by atoms with Gasteiger partial charge >= 0.3 is 0 Å². The van der Waals surface area contributed by atoms with Gasteiger partial charge in [-0.25, -0.2) is 4.98 Å². The lowest BCUT2D eigenvalue weighted by molar-refractivity contribution is -0.147. The zero-order valence-corrected chi connectivity index (χ0v) is 15.1. The molecule has 0 aliphatic carbocycles. The van der Waals surface area contributed by atoms with Gasteiger partial charge < -0.3 is 15.1 Å². The van der Waals surface area contributed by atoms with Crippen LogP contribution in [0.4, 0.5) is 5.82 Å². The van der Waals surface area contributed by atoms with E-state index >= 15 is 0 Å². The number of nitrogens with one attached hydrogen (secondary N) is 1. The third-order valence-electron chi connectivity index (χ3n) is 5.22. The first-order valence-electron chi connectivity index (χ1n) is 9.33. The number of hydrogen-bond donors (Lipinski definition) is 1. The molecular weight excluding hydrogens is 330 g/mol. The van der Waals surface area contributed by atoms with Crippen LogP contribution in [-0.2, 0) is 9.59 Å². The maximum absolute atomic E-state index is 13.0. The maximum atomic E-state index is 13.0. The number of nitriles is 1. The number of amides is 2. The molecule has 3 heterocycles. The fourth-order valence-corrected chi connectivity index (χ4v) is 3.77. The minimum absolute atomic E-state index is 0.0225. The molecule has 2 amide bonds. The first kappa shape index (κ1) is 18.2. The van der Waals surface area contributed by atoms with Gasteiger partial charge in [-0.3, -0.25) is 9.59 Å². The highest BCUT2D eigenvalue weighted by Gasteiger charge is 2.36. The number of piperidine rings is 1. The molecule has 2 saturated heterocycles. The molecule has 1 unspecified atom stereocenters. The van der Waals surface area contributed by atoms with Gasteiger partial charge in [0.25, 0.3) is 0 Å². The van der Waals surface area contributed by atoms with Crippen LogP contribution in [0.25, 0.3) is 0 Å². The molecule has 1 aromatic heterocycles. The number of nitrogens with zero attached hydrogens (tertiary/aromatic N) is 4. The number of aromatic nitrogens is 1. The predicted octanol–water partition coefficient (Wildman–Crippen LogP) is 1.30. The summed E-state index contributed by atoms with van der Waals surface area (Å²) < 4.78 is 0. The Hall–Kier alpha value is -2.62. The lowest BCUT2D eigenvalue weighted by Gasteiger charge is -2.39. The lowest BCUT2D eigenvalue weighted by atomic mass is 9.93. The summed E-state index contributed by atoms with van der Waals surface area (Å²) in [5.74, 6) is 0.905. The number of piperazine rings is 1. The van der Waals surface area contributed by atoms with Crippen LogP contribution in [0.3, 0.4) is 0 Å². The fourth-order valence-electron chi connectivity index (χ4n) is 3.77. The maximum Gasteiger partial charge on any atom is 0.242 e. The van der Waals surface area contributed by atoms with E-state index in [1.54, 1.807) is 17.2 Å². The Bertz CT molecular complexity index is 689. The van der Waals surface area contributed by atoms with Gasteiger partial charge in [-0.2, -0.15) is 5.26 Å². The van der Waals surface area contributed by atoms with Crippen LogP contribution < -0.4 is 10.2 Å². The molecular formula is C19H25N5O2. The number of carbonyl (C=O) groups is 2. The van der Waals surface area contributed by atoms with E-state index in [0.717, 1.165) is 38.2 Å². The summed E-state index contributed by atoms with van der Waals surface area (Å²) in [6.07, 6.45) is 4.69. The van der Waals surface area contributed by atoms with Crippen molar-refractivity contribution in [3.05, 3.63) is 23.9 Å². The summed E-state index contributed by atoms with van der Waals surface area (Å²) in [5, 5.41) is 11.7. The zero-order chi connectivity index (χ0) is 18.5. The second-order valence-corrected chi connectivity index (χ2v) is 6.91. The quantitative estimate of drug-likeness (QED) is 0.879.